The predicted octanol–water partition coefficient (Wildman–Crippen LogP) is 0.305. The third-order valence-corrected chi connectivity index (χ3v) is 0.850. The summed E-state index contributed by atoms with van der Waals surface area (Å²) < 4.78 is 0. The van der Waals surface area contributed by atoms with E-state index in [1.165, 1.54) is 5.37 Å². The molecule has 0 saturated heterocycles. The lowest BCUT2D eigenvalue weighted by Gasteiger charge is -2.00. The summed E-state index contributed by atoms with van der Waals surface area (Å²) in [4.78, 5) is 10.5. The van der Waals surface area contributed by atoms with Gasteiger partial charge in [0.15, 0.2) is 0 Å². The molecule has 0 aliphatic heterocycles. The number of hydrogen-bond donors (Lipinski definition) is 2. The monoisotopic (exact) mass is 146 g/mol. The van der Waals surface area contributed by atoms with E-state index in [9.17, 15) is 4.79 Å². The van der Waals surface area contributed by atoms with Gasteiger partial charge in [0.05, 0.1) is 0 Å². The van der Waals surface area contributed by atoms with E-state index < -0.39 is 0 Å². The Bertz CT molecular complexity index is 105. The second-order valence-corrected chi connectivity index (χ2v) is 1.74. The predicted molar refractivity (Wildman–Crippen MR) is 40.7 cm³/mol. The largest absolute Gasteiger partial charge is 0.338 e. The summed E-state index contributed by atoms with van der Waals surface area (Å²) in [6.07, 6.45) is 0. The Balaban J connectivity index is 3.16. The van der Waals surface area contributed by atoms with Crippen molar-refractivity contribution >= 4 is 23.6 Å². The van der Waals surface area contributed by atoms with Crippen molar-refractivity contribution < 1.29 is 4.79 Å². The average Bonchev–Trinajstić information content (AvgIpc) is 1.85. The summed E-state index contributed by atoms with van der Waals surface area (Å²) in [7, 11) is 0. The topological polar surface area (TPSA) is 41.1 Å². The summed E-state index contributed by atoms with van der Waals surface area (Å²) >= 11 is 4.49. The molecular formula is C5H10N2OS. The number of thiocarbonyl (C=S) groups is 1. The molecule has 0 rings (SSSR count). The van der Waals surface area contributed by atoms with E-state index in [0.29, 0.717) is 13.1 Å². The third-order valence-electron chi connectivity index (χ3n) is 0.683. The second-order valence-electron chi connectivity index (χ2n) is 1.41. The van der Waals surface area contributed by atoms with Crippen LogP contribution in [0, 0.1) is 0 Å². The second kappa shape index (κ2) is 5.50. The lowest BCUT2D eigenvalue weighted by molar-refractivity contribution is 0.243. The zero-order chi connectivity index (χ0) is 7.11. The van der Waals surface area contributed by atoms with Crippen LogP contribution in [0.15, 0.2) is 0 Å². The van der Waals surface area contributed by atoms with Crippen molar-refractivity contribution in [1.82, 2.24) is 10.6 Å². The molecule has 0 radical (unpaired) electrons. The Hall–Kier alpha value is -0.640. The number of carbonyl (C=O) groups excluding carboxylic acids is 1. The fourth-order valence-electron chi connectivity index (χ4n) is 0.357. The summed E-state index contributed by atoms with van der Waals surface area (Å²) in [6, 6.07) is -0.168. The highest BCUT2D eigenvalue weighted by Crippen LogP contribution is 1.61. The first kappa shape index (κ1) is 8.36. The van der Waals surface area contributed by atoms with Crippen LogP contribution in [0.5, 0.6) is 0 Å². The van der Waals surface area contributed by atoms with E-state index in [0.717, 1.165) is 0 Å². The van der Waals surface area contributed by atoms with Crippen molar-refractivity contribution in [2.45, 2.75) is 6.92 Å². The molecule has 0 aliphatic rings. The fraction of sp³-hybridized carbons (Fsp3) is 0.600. The maximum absolute atomic E-state index is 10.5. The number of hydrogen-bond acceptors (Lipinski definition) is 2. The molecule has 0 aliphatic carbocycles. The first-order chi connectivity index (χ1) is 4.31. The smallest absolute Gasteiger partial charge is 0.315 e. The van der Waals surface area contributed by atoms with E-state index >= 15 is 0 Å². The average molecular weight is 146 g/mol. The summed E-state index contributed by atoms with van der Waals surface area (Å²) in [6.45, 7) is 2.95. The summed E-state index contributed by atoms with van der Waals surface area (Å²) in [5.41, 5.74) is 0. The van der Waals surface area contributed by atoms with Gasteiger partial charge in [-0.1, -0.05) is 12.2 Å². The Kier molecular flexibility index (Phi) is 5.11. The maximum atomic E-state index is 10.5. The van der Waals surface area contributed by atoms with Crippen molar-refractivity contribution in [2.24, 2.45) is 0 Å². The normalized spacial score (nSPS) is 8.11. The Morgan fingerprint density at radius 2 is 2.33 bits per heavy atom. The van der Waals surface area contributed by atoms with Gasteiger partial charge in [0.1, 0.15) is 0 Å². The van der Waals surface area contributed by atoms with Crippen LogP contribution in [0.2, 0.25) is 0 Å². The van der Waals surface area contributed by atoms with Crippen LogP contribution >= 0.6 is 12.2 Å². The maximum Gasteiger partial charge on any atom is 0.315 e. The molecule has 2 N–H and O–H groups in total. The Labute approximate surface area is 59.8 Å². The van der Waals surface area contributed by atoms with E-state index in [1.807, 2.05) is 6.92 Å². The molecule has 52 valence electrons. The van der Waals surface area contributed by atoms with Crippen molar-refractivity contribution in [3.63, 3.8) is 0 Å². The number of amides is 2. The van der Waals surface area contributed by atoms with Gasteiger partial charge in [-0.05, 0) is 12.3 Å². The molecule has 0 heterocycles. The van der Waals surface area contributed by atoms with Crippen molar-refractivity contribution in [3.8, 4) is 0 Å². The molecule has 0 spiro atoms. The van der Waals surface area contributed by atoms with Crippen LogP contribution in [-0.4, -0.2) is 24.5 Å². The SMILES string of the molecule is CCNC(=O)NCC=S. The van der Waals surface area contributed by atoms with Crippen LogP contribution in [0.4, 0.5) is 4.79 Å². The lowest BCUT2D eigenvalue weighted by Crippen LogP contribution is -2.35. The standard InChI is InChI=1S/C5H10N2OS/c1-2-6-5(8)7-3-4-9/h4H,2-3H2,1H3,(H2,6,7,8). The van der Waals surface area contributed by atoms with E-state index in [-0.39, 0.29) is 6.03 Å². The van der Waals surface area contributed by atoms with Gasteiger partial charge in [-0.3, -0.25) is 0 Å². The molecule has 0 aromatic carbocycles. The molecule has 0 unspecified atom stereocenters. The van der Waals surface area contributed by atoms with Crippen molar-refractivity contribution in [1.29, 1.82) is 0 Å². The van der Waals surface area contributed by atoms with Gasteiger partial charge >= 0.3 is 6.03 Å². The highest BCUT2D eigenvalue weighted by atomic mass is 32.1. The Morgan fingerprint density at radius 3 is 2.78 bits per heavy atom. The number of nitrogens with one attached hydrogen (secondary N) is 2. The minimum atomic E-state index is -0.168. The third kappa shape index (κ3) is 5.23. The molecule has 3 nitrogen and oxygen atoms in total. The molecule has 0 aromatic heterocycles. The van der Waals surface area contributed by atoms with Gasteiger partial charge in [-0.2, -0.15) is 0 Å². The van der Waals surface area contributed by atoms with Gasteiger partial charge in [-0.15, -0.1) is 0 Å². The zero-order valence-electron chi connectivity index (χ0n) is 5.31. The van der Waals surface area contributed by atoms with Crippen LogP contribution in [0.3, 0.4) is 0 Å². The molecule has 0 saturated carbocycles. The molecular weight excluding hydrogens is 136 g/mol. The van der Waals surface area contributed by atoms with E-state index in [1.54, 1.807) is 0 Å². The van der Waals surface area contributed by atoms with Gasteiger partial charge in [-0.25, -0.2) is 4.79 Å². The quantitative estimate of drug-likeness (QED) is 0.562. The molecule has 4 heteroatoms. The fourth-order valence-corrected chi connectivity index (χ4v) is 0.441. The highest BCUT2D eigenvalue weighted by Gasteiger charge is 1.91. The molecule has 2 amide bonds. The van der Waals surface area contributed by atoms with Gasteiger partial charge in [0.25, 0.3) is 0 Å². The van der Waals surface area contributed by atoms with Crippen LogP contribution < -0.4 is 10.6 Å². The van der Waals surface area contributed by atoms with Crippen LogP contribution in [0.25, 0.3) is 0 Å². The molecule has 0 atom stereocenters. The molecule has 0 fully saturated rings. The number of urea groups is 1. The molecule has 9 heavy (non-hydrogen) atoms. The van der Waals surface area contributed by atoms with Crippen molar-refractivity contribution in [3.05, 3.63) is 0 Å². The van der Waals surface area contributed by atoms with Gasteiger partial charge in [0.2, 0.25) is 0 Å². The number of rotatable bonds is 3. The van der Waals surface area contributed by atoms with Gasteiger partial charge < -0.3 is 10.6 Å². The van der Waals surface area contributed by atoms with E-state index in [2.05, 4.69) is 22.9 Å². The summed E-state index contributed by atoms with van der Waals surface area (Å²) in [5.74, 6) is 0. The first-order valence-electron chi connectivity index (χ1n) is 2.76. The van der Waals surface area contributed by atoms with E-state index in [4.69, 9.17) is 0 Å². The van der Waals surface area contributed by atoms with Crippen LogP contribution in [0.1, 0.15) is 6.92 Å². The molecule has 0 bridgehead atoms. The Morgan fingerprint density at radius 1 is 1.67 bits per heavy atom. The first-order valence-corrected chi connectivity index (χ1v) is 3.23. The van der Waals surface area contributed by atoms with Crippen molar-refractivity contribution in [2.75, 3.05) is 13.1 Å². The zero-order valence-corrected chi connectivity index (χ0v) is 6.12. The minimum Gasteiger partial charge on any atom is -0.338 e. The molecule has 0 aromatic rings. The van der Waals surface area contributed by atoms with Crippen LogP contribution in [-0.2, 0) is 0 Å². The lowest BCUT2D eigenvalue weighted by atomic mass is 10.7. The summed E-state index contributed by atoms with van der Waals surface area (Å²) in [5, 5.41) is 6.55. The minimum absolute atomic E-state index is 0.168. The van der Waals surface area contributed by atoms with Gasteiger partial charge in [0, 0.05) is 13.1 Å². The number of carbonyl (C=O) groups is 1. The highest BCUT2D eigenvalue weighted by molar-refractivity contribution is 7.79.